The molecular formula is C22H28N4O3. The smallest absolute Gasteiger partial charge is 0.258 e. The van der Waals surface area contributed by atoms with E-state index in [2.05, 4.69) is 46.2 Å². The van der Waals surface area contributed by atoms with E-state index in [0.29, 0.717) is 24.7 Å². The monoisotopic (exact) mass is 396 g/mol. The number of hydrogen-bond donors (Lipinski definition) is 1. The number of nitrogens with one attached hydrogen (secondary N) is 1. The molecule has 7 heteroatoms. The second-order valence-electron chi connectivity index (χ2n) is 7.48. The molecule has 0 radical (unpaired) electrons. The van der Waals surface area contributed by atoms with Gasteiger partial charge in [0.05, 0.1) is 18.8 Å². The van der Waals surface area contributed by atoms with Gasteiger partial charge >= 0.3 is 0 Å². The number of carbonyl (C=O) groups is 1. The molecule has 29 heavy (non-hydrogen) atoms. The number of hydrogen-bond acceptors (Lipinski definition) is 6. The molecule has 1 aromatic carbocycles. The molecule has 0 unspecified atom stereocenters. The predicted octanol–water partition coefficient (Wildman–Crippen LogP) is 3.20. The van der Waals surface area contributed by atoms with Gasteiger partial charge in [0.25, 0.3) is 5.91 Å². The molecule has 0 saturated carbocycles. The predicted molar refractivity (Wildman–Crippen MR) is 111 cm³/mol. The minimum absolute atomic E-state index is 0.183. The zero-order chi connectivity index (χ0) is 20.3. The third kappa shape index (κ3) is 4.11. The van der Waals surface area contributed by atoms with Crippen LogP contribution >= 0.6 is 0 Å². The van der Waals surface area contributed by atoms with Gasteiger partial charge in [-0.3, -0.25) is 4.79 Å². The summed E-state index contributed by atoms with van der Waals surface area (Å²) in [6.45, 7) is 7.06. The summed E-state index contributed by atoms with van der Waals surface area (Å²) in [6.07, 6.45) is 6.53. The number of aromatic nitrogens is 2. The molecule has 1 N–H and O–H groups in total. The lowest BCUT2D eigenvalue weighted by Crippen LogP contribution is -2.45. The van der Waals surface area contributed by atoms with Crippen LogP contribution in [0.1, 0.15) is 48.2 Å². The maximum atomic E-state index is 12.8. The number of nitrogens with zero attached hydrogens (tertiary/aromatic N) is 3. The zero-order valence-corrected chi connectivity index (χ0v) is 17.1. The highest BCUT2D eigenvalue weighted by molar-refractivity contribution is 6.04. The summed E-state index contributed by atoms with van der Waals surface area (Å²) in [5.41, 5.74) is 3.63. The van der Waals surface area contributed by atoms with Gasteiger partial charge in [-0.05, 0) is 24.0 Å². The maximum absolute atomic E-state index is 12.8. The molecule has 1 spiro atoms. The van der Waals surface area contributed by atoms with E-state index in [4.69, 9.17) is 9.47 Å². The van der Waals surface area contributed by atoms with Crippen molar-refractivity contribution in [2.24, 2.45) is 0 Å². The molecule has 1 amide bonds. The van der Waals surface area contributed by atoms with Crippen molar-refractivity contribution in [2.75, 3.05) is 36.5 Å². The lowest BCUT2D eigenvalue weighted by atomic mass is 10.0. The van der Waals surface area contributed by atoms with Gasteiger partial charge in [-0.15, -0.1) is 0 Å². The minimum atomic E-state index is -0.417. The Balaban J connectivity index is 1.43. The number of anilines is 2. The van der Waals surface area contributed by atoms with Crippen LogP contribution < -0.4 is 10.2 Å². The fraction of sp³-hybridized carbons (Fsp3) is 0.500. The average molecular weight is 396 g/mol. The fourth-order valence-electron chi connectivity index (χ4n) is 4.02. The lowest BCUT2D eigenvalue weighted by molar-refractivity contribution is -0.169. The van der Waals surface area contributed by atoms with Crippen LogP contribution in [0.25, 0.3) is 0 Å². The molecule has 2 fully saturated rings. The Labute approximate surface area is 171 Å². The summed E-state index contributed by atoms with van der Waals surface area (Å²) in [5, 5.41) is 3.06. The third-order valence-corrected chi connectivity index (χ3v) is 5.76. The van der Waals surface area contributed by atoms with Gasteiger partial charge < -0.3 is 19.7 Å². The van der Waals surface area contributed by atoms with E-state index >= 15 is 0 Å². The minimum Gasteiger partial charge on any atom is -0.347 e. The summed E-state index contributed by atoms with van der Waals surface area (Å²) in [5.74, 6) is 0.0371. The Hall–Kier alpha value is -2.51. The molecular weight excluding hydrogens is 368 g/mol. The van der Waals surface area contributed by atoms with E-state index in [9.17, 15) is 4.79 Å². The molecule has 0 aliphatic carbocycles. The molecule has 0 bridgehead atoms. The van der Waals surface area contributed by atoms with Crippen molar-refractivity contribution in [1.29, 1.82) is 0 Å². The lowest BCUT2D eigenvalue weighted by Gasteiger charge is -2.37. The second-order valence-corrected chi connectivity index (χ2v) is 7.48. The molecule has 0 atom stereocenters. The fourth-order valence-corrected chi connectivity index (χ4v) is 4.02. The average Bonchev–Trinajstić information content (AvgIpc) is 3.22. The standard InChI is InChI=1S/C22H28N4O3/c1-3-16-6-5-7-17(4-2)19(16)25-20(27)18-14-23-21(24-15-18)26-10-8-22(9-11-26)28-12-13-29-22/h5-7,14-15H,3-4,8-13H2,1-2H3,(H,25,27). The summed E-state index contributed by atoms with van der Waals surface area (Å²) in [4.78, 5) is 23.8. The van der Waals surface area contributed by atoms with Gasteiger partial charge in [0.2, 0.25) is 5.95 Å². The summed E-state index contributed by atoms with van der Waals surface area (Å²) >= 11 is 0. The Morgan fingerprint density at radius 2 is 1.66 bits per heavy atom. The van der Waals surface area contributed by atoms with Crippen molar-refractivity contribution >= 4 is 17.5 Å². The molecule has 2 aliphatic heterocycles. The van der Waals surface area contributed by atoms with Crippen LogP contribution in [0, 0.1) is 0 Å². The molecule has 1 aromatic heterocycles. The molecule has 4 rings (SSSR count). The molecule has 154 valence electrons. The van der Waals surface area contributed by atoms with Crippen LogP contribution in [0.15, 0.2) is 30.6 Å². The molecule has 3 heterocycles. The van der Waals surface area contributed by atoms with Crippen LogP contribution in [0.4, 0.5) is 11.6 Å². The number of benzene rings is 1. The van der Waals surface area contributed by atoms with E-state index in [1.807, 2.05) is 6.07 Å². The van der Waals surface area contributed by atoms with Crippen LogP contribution in [-0.4, -0.2) is 48.0 Å². The number of carbonyl (C=O) groups excluding carboxylic acids is 1. The Morgan fingerprint density at radius 1 is 1.07 bits per heavy atom. The maximum Gasteiger partial charge on any atom is 0.258 e. The van der Waals surface area contributed by atoms with Crippen molar-refractivity contribution < 1.29 is 14.3 Å². The quantitative estimate of drug-likeness (QED) is 0.836. The summed E-state index contributed by atoms with van der Waals surface area (Å²) in [6, 6.07) is 6.14. The summed E-state index contributed by atoms with van der Waals surface area (Å²) < 4.78 is 11.5. The Kier molecular flexibility index (Phi) is 5.78. The first kappa shape index (κ1) is 19.8. The van der Waals surface area contributed by atoms with Crippen LogP contribution in [0.5, 0.6) is 0 Å². The Morgan fingerprint density at radius 3 is 2.21 bits per heavy atom. The topological polar surface area (TPSA) is 76.6 Å². The first-order valence-corrected chi connectivity index (χ1v) is 10.4. The van der Waals surface area contributed by atoms with Crippen molar-refractivity contribution in [3.63, 3.8) is 0 Å². The van der Waals surface area contributed by atoms with Gasteiger partial charge in [0, 0.05) is 44.0 Å². The van der Waals surface area contributed by atoms with E-state index in [0.717, 1.165) is 55.6 Å². The van der Waals surface area contributed by atoms with Crippen LogP contribution in [0.2, 0.25) is 0 Å². The van der Waals surface area contributed by atoms with Gasteiger partial charge in [-0.2, -0.15) is 0 Å². The highest BCUT2D eigenvalue weighted by Gasteiger charge is 2.40. The number of ether oxygens (including phenoxy) is 2. The number of amides is 1. The Bertz CT molecular complexity index is 831. The highest BCUT2D eigenvalue weighted by Crippen LogP contribution is 2.32. The number of rotatable bonds is 5. The second kappa shape index (κ2) is 8.47. The van der Waals surface area contributed by atoms with Crippen molar-refractivity contribution in [2.45, 2.75) is 45.3 Å². The van der Waals surface area contributed by atoms with Gasteiger partial charge in [-0.1, -0.05) is 32.0 Å². The number of piperidine rings is 1. The zero-order valence-electron chi connectivity index (χ0n) is 17.1. The number of para-hydroxylation sites is 1. The van der Waals surface area contributed by atoms with E-state index in [1.165, 1.54) is 0 Å². The van der Waals surface area contributed by atoms with Crippen molar-refractivity contribution in [1.82, 2.24) is 9.97 Å². The van der Waals surface area contributed by atoms with Crippen LogP contribution in [-0.2, 0) is 22.3 Å². The molecule has 2 aromatic rings. The molecule has 7 nitrogen and oxygen atoms in total. The van der Waals surface area contributed by atoms with E-state index in [-0.39, 0.29) is 5.91 Å². The van der Waals surface area contributed by atoms with Gasteiger partial charge in [0.15, 0.2) is 5.79 Å². The van der Waals surface area contributed by atoms with E-state index in [1.54, 1.807) is 12.4 Å². The highest BCUT2D eigenvalue weighted by atomic mass is 16.7. The molecule has 2 aliphatic rings. The van der Waals surface area contributed by atoms with Crippen LogP contribution in [0.3, 0.4) is 0 Å². The third-order valence-electron chi connectivity index (χ3n) is 5.76. The summed E-state index contributed by atoms with van der Waals surface area (Å²) in [7, 11) is 0. The van der Waals surface area contributed by atoms with Gasteiger partial charge in [-0.25, -0.2) is 9.97 Å². The number of aryl methyl sites for hydroxylation is 2. The normalized spacial score (nSPS) is 18.2. The SMILES string of the molecule is CCc1cccc(CC)c1NC(=O)c1cnc(N2CCC3(CC2)OCCO3)nc1. The largest absolute Gasteiger partial charge is 0.347 e. The first-order valence-electron chi connectivity index (χ1n) is 10.4. The van der Waals surface area contributed by atoms with Gasteiger partial charge in [0.1, 0.15) is 0 Å². The van der Waals surface area contributed by atoms with Crippen molar-refractivity contribution in [3.8, 4) is 0 Å². The first-order chi connectivity index (χ1) is 14.1. The molecule has 2 saturated heterocycles. The van der Waals surface area contributed by atoms with Crippen molar-refractivity contribution in [3.05, 3.63) is 47.3 Å². The van der Waals surface area contributed by atoms with E-state index < -0.39 is 5.79 Å².